The van der Waals surface area contributed by atoms with Gasteiger partial charge in [-0.1, -0.05) is 0 Å². The average molecular weight is 252 g/mol. The number of nitrogens with one attached hydrogen (secondary N) is 1. The molecule has 1 atom stereocenters. The first-order valence-electron chi connectivity index (χ1n) is 5.20. The molecular weight excluding hydrogens is 236 g/mol. The molecule has 0 aliphatic rings. The highest BCUT2D eigenvalue weighted by Crippen LogP contribution is 2.32. The molecule has 1 unspecified atom stereocenters. The SMILES string of the molecule is Cc1cc(C(NN)c2cc(C)c(C)s2)cs1. The van der Waals surface area contributed by atoms with E-state index in [-0.39, 0.29) is 6.04 Å². The van der Waals surface area contributed by atoms with Crippen molar-refractivity contribution in [3.63, 3.8) is 0 Å². The fourth-order valence-electron chi connectivity index (χ4n) is 1.70. The van der Waals surface area contributed by atoms with Gasteiger partial charge in [-0.05, 0) is 49.4 Å². The van der Waals surface area contributed by atoms with E-state index in [2.05, 4.69) is 43.7 Å². The zero-order valence-electron chi connectivity index (χ0n) is 9.70. The highest BCUT2D eigenvalue weighted by molar-refractivity contribution is 7.12. The van der Waals surface area contributed by atoms with E-state index in [4.69, 9.17) is 5.84 Å². The number of rotatable bonds is 3. The lowest BCUT2D eigenvalue weighted by molar-refractivity contribution is 0.648. The second-order valence-corrected chi connectivity index (χ2v) is 6.38. The van der Waals surface area contributed by atoms with Crippen molar-refractivity contribution < 1.29 is 0 Å². The predicted octanol–water partition coefficient (Wildman–Crippen LogP) is 3.29. The van der Waals surface area contributed by atoms with Gasteiger partial charge in [-0.15, -0.1) is 22.7 Å². The molecule has 2 heterocycles. The Labute approximate surface area is 104 Å². The van der Waals surface area contributed by atoms with Crippen LogP contribution in [0.1, 0.15) is 31.8 Å². The Morgan fingerprint density at radius 3 is 2.44 bits per heavy atom. The van der Waals surface area contributed by atoms with Gasteiger partial charge in [-0.3, -0.25) is 5.84 Å². The molecule has 0 aliphatic heterocycles. The maximum absolute atomic E-state index is 5.67. The van der Waals surface area contributed by atoms with E-state index in [1.165, 1.54) is 25.8 Å². The maximum Gasteiger partial charge on any atom is 0.0810 e. The van der Waals surface area contributed by atoms with Gasteiger partial charge in [-0.2, -0.15) is 0 Å². The Bertz CT molecular complexity index is 465. The lowest BCUT2D eigenvalue weighted by atomic mass is 10.1. The van der Waals surface area contributed by atoms with E-state index in [1.807, 2.05) is 11.3 Å². The standard InChI is InChI=1S/C12H16N2S2/c1-7-4-11(16-9(7)3)12(14-13)10-5-8(2)15-6-10/h4-6,12,14H,13H2,1-3H3. The smallest absolute Gasteiger partial charge is 0.0810 e. The first-order valence-corrected chi connectivity index (χ1v) is 6.89. The summed E-state index contributed by atoms with van der Waals surface area (Å²) in [5.74, 6) is 5.67. The van der Waals surface area contributed by atoms with Crippen molar-refractivity contribution in [2.45, 2.75) is 26.8 Å². The maximum atomic E-state index is 5.67. The van der Waals surface area contributed by atoms with Crippen LogP contribution in [0.5, 0.6) is 0 Å². The molecule has 0 aromatic carbocycles. The van der Waals surface area contributed by atoms with Gasteiger partial charge in [0.15, 0.2) is 0 Å². The quantitative estimate of drug-likeness (QED) is 0.650. The first kappa shape index (κ1) is 11.8. The summed E-state index contributed by atoms with van der Waals surface area (Å²) < 4.78 is 0. The van der Waals surface area contributed by atoms with Crippen molar-refractivity contribution in [2.75, 3.05) is 0 Å². The fourth-order valence-corrected chi connectivity index (χ4v) is 3.56. The minimum atomic E-state index is 0.127. The number of aryl methyl sites for hydroxylation is 3. The molecule has 0 spiro atoms. The molecule has 2 aromatic rings. The summed E-state index contributed by atoms with van der Waals surface area (Å²) in [5.41, 5.74) is 5.50. The third-order valence-corrected chi connectivity index (χ3v) is 4.82. The molecule has 2 nitrogen and oxygen atoms in total. The number of hydrazine groups is 1. The van der Waals surface area contributed by atoms with Crippen molar-refractivity contribution in [1.29, 1.82) is 0 Å². The Balaban J connectivity index is 2.36. The summed E-state index contributed by atoms with van der Waals surface area (Å²) in [6.07, 6.45) is 0. The summed E-state index contributed by atoms with van der Waals surface area (Å²) >= 11 is 3.58. The Morgan fingerprint density at radius 2 is 2.00 bits per heavy atom. The Kier molecular flexibility index (Phi) is 3.44. The normalized spacial score (nSPS) is 13.0. The largest absolute Gasteiger partial charge is 0.271 e. The molecular formula is C12H16N2S2. The van der Waals surface area contributed by atoms with E-state index in [1.54, 1.807) is 11.3 Å². The van der Waals surface area contributed by atoms with E-state index in [9.17, 15) is 0 Å². The Morgan fingerprint density at radius 1 is 1.25 bits per heavy atom. The molecule has 3 N–H and O–H groups in total. The van der Waals surface area contributed by atoms with Crippen molar-refractivity contribution in [2.24, 2.45) is 5.84 Å². The number of nitrogens with two attached hydrogens (primary N) is 1. The van der Waals surface area contributed by atoms with E-state index in [0.29, 0.717) is 0 Å². The van der Waals surface area contributed by atoms with E-state index in [0.717, 1.165) is 0 Å². The minimum absolute atomic E-state index is 0.127. The molecule has 0 aliphatic carbocycles. The average Bonchev–Trinajstić information content (AvgIpc) is 2.77. The second-order valence-electron chi connectivity index (χ2n) is 3.98. The second kappa shape index (κ2) is 4.67. The number of thiophene rings is 2. The van der Waals surface area contributed by atoms with Crippen LogP contribution in [0.25, 0.3) is 0 Å². The molecule has 0 fully saturated rings. The predicted molar refractivity (Wildman–Crippen MR) is 72.0 cm³/mol. The lowest BCUT2D eigenvalue weighted by Gasteiger charge is -2.12. The van der Waals surface area contributed by atoms with Crippen LogP contribution >= 0.6 is 22.7 Å². The van der Waals surface area contributed by atoms with Crippen LogP contribution in [0.4, 0.5) is 0 Å². The van der Waals surface area contributed by atoms with E-state index >= 15 is 0 Å². The highest BCUT2D eigenvalue weighted by Gasteiger charge is 2.16. The van der Waals surface area contributed by atoms with E-state index < -0.39 is 0 Å². The summed E-state index contributed by atoms with van der Waals surface area (Å²) in [6, 6.07) is 4.54. The fraction of sp³-hybridized carbons (Fsp3) is 0.333. The van der Waals surface area contributed by atoms with Gasteiger partial charge in [0.1, 0.15) is 0 Å². The van der Waals surface area contributed by atoms with Gasteiger partial charge in [-0.25, -0.2) is 5.43 Å². The lowest BCUT2D eigenvalue weighted by Crippen LogP contribution is -2.27. The minimum Gasteiger partial charge on any atom is -0.271 e. The zero-order chi connectivity index (χ0) is 11.7. The van der Waals surface area contributed by atoms with Gasteiger partial charge in [0.05, 0.1) is 6.04 Å². The number of hydrogen-bond donors (Lipinski definition) is 2. The summed E-state index contributed by atoms with van der Waals surface area (Å²) in [6.45, 7) is 6.41. The van der Waals surface area contributed by atoms with Crippen molar-refractivity contribution in [3.8, 4) is 0 Å². The monoisotopic (exact) mass is 252 g/mol. The summed E-state index contributed by atoms with van der Waals surface area (Å²) in [5, 5.41) is 2.17. The van der Waals surface area contributed by atoms with Crippen LogP contribution in [0.15, 0.2) is 17.5 Å². The molecule has 86 valence electrons. The first-order chi connectivity index (χ1) is 7.61. The van der Waals surface area contributed by atoms with Crippen molar-refractivity contribution in [3.05, 3.63) is 43.3 Å². The van der Waals surface area contributed by atoms with Crippen LogP contribution in [-0.4, -0.2) is 0 Å². The van der Waals surface area contributed by atoms with Crippen LogP contribution in [-0.2, 0) is 0 Å². The van der Waals surface area contributed by atoms with Gasteiger partial charge >= 0.3 is 0 Å². The Hall–Kier alpha value is -0.680. The molecule has 2 aromatic heterocycles. The van der Waals surface area contributed by atoms with Gasteiger partial charge in [0.25, 0.3) is 0 Å². The van der Waals surface area contributed by atoms with Crippen LogP contribution in [0.2, 0.25) is 0 Å². The molecule has 0 bridgehead atoms. The molecule has 0 radical (unpaired) electrons. The molecule has 4 heteroatoms. The molecule has 16 heavy (non-hydrogen) atoms. The van der Waals surface area contributed by atoms with Gasteiger partial charge < -0.3 is 0 Å². The number of hydrogen-bond acceptors (Lipinski definition) is 4. The van der Waals surface area contributed by atoms with Crippen molar-refractivity contribution >= 4 is 22.7 Å². The highest BCUT2D eigenvalue weighted by atomic mass is 32.1. The zero-order valence-corrected chi connectivity index (χ0v) is 11.3. The van der Waals surface area contributed by atoms with Gasteiger partial charge in [0, 0.05) is 14.6 Å². The third kappa shape index (κ3) is 2.20. The molecule has 0 saturated carbocycles. The van der Waals surface area contributed by atoms with Crippen LogP contribution in [0, 0.1) is 20.8 Å². The van der Waals surface area contributed by atoms with Crippen molar-refractivity contribution in [1.82, 2.24) is 5.43 Å². The van der Waals surface area contributed by atoms with Crippen LogP contribution in [0.3, 0.4) is 0 Å². The molecule has 2 rings (SSSR count). The topological polar surface area (TPSA) is 38.0 Å². The summed E-state index contributed by atoms with van der Waals surface area (Å²) in [4.78, 5) is 3.97. The van der Waals surface area contributed by atoms with Gasteiger partial charge in [0.2, 0.25) is 0 Å². The molecule has 0 saturated heterocycles. The summed E-state index contributed by atoms with van der Waals surface area (Å²) in [7, 11) is 0. The third-order valence-electron chi connectivity index (χ3n) is 2.72. The molecule has 0 amide bonds. The van der Waals surface area contributed by atoms with Crippen LogP contribution < -0.4 is 11.3 Å².